The summed E-state index contributed by atoms with van der Waals surface area (Å²) in [6, 6.07) is 8.04. The van der Waals surface area contributed by atoms with E-state index in [0.717, 1.165) is 38.2 Å². The van der Waals surface area contributed by atoms with E-state index in [4.69, 9.17) is 4.74 Å². The van der Waals surface area contributed by atoms with Crippen LogP contribution in [0.5, 0.6) is 5.75 Å². The topological polar surface area (TPSA) is 41.6 Å². The van der Waals surface area contributed by atoms with Crippen molar-refractivity contribution in [2.75, 3.05) is 33.3 Å². The minimum atomic E-state index is 0.280. The van der Waals surface area contributed by atoms with Gasteiger partial charge >= 0.3 is 0 Å². The van der Waals surface area contributed by atoms with Crippen LogP contribution in [0.25, 0.3) is 0 Å². The molecule has 1 aromatic carbocycles. The molecule has 1 aliphatic rings. The number of carbonyl (C=O) groups excluding carboxylic acids is 1. The van der Waals surface area contributed by atoms with Gasteiger partial charge in [0.25, 0.3) is 0 Å². The number of aryl methyl sites for hydroxylation is 1. The Kier molecular flexibility index (Phi) is 6.05. The van der Waals surface area contributed by atoms with Crippen LogP contribution in [0.15, 0.2) is 24.3 Å². The van der Waals surface area contributed by atoms with Gasteiger partial charge in [-0.15, -0.1) is 0 Å². The Balaban J connectivity index is 1.76. The number of nitrogens with zero attached hydrogens (tertiary/aromatic N) is 1. The van der Waals surface area contributed by atoms with Crippen molar-refractivity contribution in [3.8, 4) is 5.75 Å². The SMILES string of the molecule is CCOc1ccc(CCC(=O)N2CCC(CNC)C2)cc1. The molecule has 1 heterocycles. The number of amides is 1. The van der Waals surface area contributed by atoms with Crippen LogP contribution in [0, 0.1) is 5.92 Å². The van der Waals surface area contributed by atoms with Crippen LogP contribution in [-0.2, 0) is 11.2 Å². The van der Waals surface area contributed by atoms with Gasteiger partial charge in [-0.25, -0.2) is 0 Å². The van der Waals surface area contributed by atoms with Gasteiger partial charge in [0, 0.05) is 19.5 Å². The maximum atomic E-state index is 12.2. The fraction of sp³-hybridized carbons (Fsp3) is 0.588. The number of nitrogens with one attached hydrogen (secondary N) is 1. The zero-order chi connectivity index (χ0) is 15.1. The van der Waals surface area contributed by atoms with Crippen molar-refractivity contribution in [1.29, 1.82) is 0 Å². The number of rotatable bonds is 7. The first-order valence-corrected chi connectivity index (χ1v) is 7.87. The lowest BCUT2D eigenvalue weighted by Crippen LogP contribution is -2.30. The third-order valence-corrected chi connectivity index (χ3v) is 3.99. The Bertz CT molecular complexity index is 445. The fourth-order valence-electron chi connectivity index (χ4n) is 2.84. The van der Waals surface area contributed by atoms with Crippen LogP contribution in [-0.4, -0.2) is 44.1 Å². The van der Waals surface area contributed by atoms with Gasteiger partial charge in [-0.2, -0.15) is 0 Å². The van der Waals surface area contributed by atoms with Crippen molar-refractivity contribution in [1.82, 2.24) is 10.2 Å². The molecular formula is C17H26N2O2. The van der Waals surface area contributed by atoms with Gasteiger partial charge < -0.3 is 15.0 Å². The Morgan fingerprint density at radius 1 is 1.38 bits per heavy atom. The largest absolute Gasteiger partial charge is 0.494 e. The van der Waals surface area contributed by atoms with Crippen molar-refractivity contribution >= 4 is 5.91 Å². The molecular weight excluding hydrogens is 264 g/mol. The van der Waals surface area contributed by atoms with E-state index in [1.807, 2.05) is 43.1 Å². The Morgan fingerprint density at radius 2 is 2.14 bits per heavy atom. The molecule has 4 heteroatoms. The van der Waals surface area contributed by atoms with E-state index in [-0.39, 0.29) is 5.91 Å². The monoisotopic (exact) mass is 290 g/mol. The zero-order valence-corrected chi connectivity index (χ0v) is 13.1. The molecule has 0 bridgehead atoms. The summed E-state index contributed by atoms with van der Waals surface area (Å²) in [6.45, 7) is 5.48. The molecule has 0 spiro atoms. The molecule has 1 atom stereocenters. The summed E-state index contributed by atoms with van der Waals surface area (Å²) in [4.78, 5) is 14.2. The summed E-state index contributed by atoms with van der Waals surface area (Å²) in [5, 5.41) is 3.19. The molecule has 0 saturated carbocycles. The highest BCUT2D eigenvalue weighted by Gasteiger charge is 2.25. The number of carbonyl (C=O) groups is 1. The number of benzene rings is 1. The van der Waals surface area contributed by atoms with E-state index < -0.39 is 0 Å². The molecule has 0 aliphatic carbocycles. The quantitative estimate of drug-likeness (QED) is 0.836. The lowest BCUT2D eigenvalue weighted by molar-refractivity contribution is -0.130. The number of hydrogen-bond acceptors (Lipinski definition) is 3. The van der Waals surface area contributed by atoms with Gasteiger partial charge in [0.1, 0.15) is 5.75 Å². The molecule has 2 rings (SSSR count). The highest BCUT2D eigenvalue weighted by atomic mass is 16.5. The van der Waals surface area contributed by atoms with Crippen molar-refractivity contribution in [2.24, 2.45) is 5.92 Å². The van der Waals surface area contributed by atoms with Gasteiger partial charge in [-0.1, -0.05) is 12.1 Å². The molecule has 1 aromatic rings. The molecule has 0 radical (unpaired) electrons. The van der Waals surface area contributed by atoms with Crippen LogP contribution in [0.1, 0.15) is 25.3 Å². The third-order valence-electron chi connectivity index (χ3n) is 3.99. The molecule has 1 N–H and O–H groups in total. The lowest BCUT2D eigenvalue weighted by Gasteiger charge is -2.16. The molecule has 21 heavy (non-hydrogen) atoms. The smallest absolute Gasteiger partial charge is 0.222 e. The first-order valence-electron chi connectivity index (χ1n) is 7.87. The zero-order valence-electron chi connectivity index (χ0n) is 13.1. The second kappa shape index (κ2) is 8.03. The van der Waals surface area contributed by atoms with Crippen molar-refractivity contribution in [2.45, 2.75) is 26.2 Å². The molecule has 116 valence electrons. The summed E-state index contributed by atoms with van der Waals surface area (Å²) in [5.41, 5.74) is 1.19. The maximum Gasteiger partial charge on any atom is 0.222 e. The average molecular weight is 290 g/mol. The van der Waals surface area contributed by atoms with E-state index in [2.05, 4.69) is 5.32 Å². The van der Waals surface area contributed by atoms with Crippen LogP contribution >= 0.6 is 0 Å². The molecule has 1 unspecified atom stereocenters. The minimum Gasteiger partial charge on any atom is -0.494 e. The van der Waals surface area contributed by atoms with Crippen molar-refractivity contribution in [3.05, 3.63) is 29.8 Å². The minimum absolute atomic E-state index is 0.280. The number of ether oxygens (including phenoxy) is 1. The summed E-state index contributed by atoms with van der Waals surface area (Å²) in [7, 11) is 1.97. The van der Waals surface area contributed by atoms with Crippen LogP contribution in [0.2, 0.25) is 0 Å². The molecule has 1 aliphatic heterocycles. The predicted octanol–water partition coefficient (Wildman–Crippen LogP) is 2.09. The summed E-state index contributed by atoms with van der Waals surface area (Å²) < 4.78 is 5.42. The maximum absolute atomic E-state index is 12.2. The molecule has 1 fully saturated rings. The van der Waals surface area contributed by atoms with E-state index in [1.54, 1.807) is 0 Å². The molecule has 1 amide bonds. The summed E-state index contributed by atoms with van der Waals surface area (Å²) >= 11 is 0. The lowest BCUT2D eigenvalue weighted by atomic mass is 10.1. The van der Waals surface area contributed by atoms with E-state index >= 15 is 0 Å². The second-order valence-electron chi connectivity index (χ2n) is 5.63. The predicted molar refractivity (Wildman–Crippen MR) is 84.5 cm³/mol. The normalized spacial score (nSPS) is 18.0. The van der Waals surface area contributed by atoms with Crippen LogP contribution < -0.4 is 10.1 Å². The summed E-state index contributed by atoms with van der Waals surface area (Å²) in [6.07, 6.45) is 2.52. The Morgan fingerprint density at radius 3 is 2.81 bits per heavy atom. The molecule has 4 nitrogen and oxygen atoms in total. The van der Waals surface area contributed by atoms with Gasteiger partial charge in [0.2, 0.25) is 5.91 Å². The highest BCUT2D eigenvalue weighted by molar-refractivity contribution is 5.76. The first kappa shape index (κ1) is 15.8. The Labute approximate surface area is 127 Å². The fourth-order valence-corrected chi connectivity index (χ4v) is 2.84. The van der Waals surface area contributed by atoms with Gasteiger partial charge in [0.15, 0.2) is 0 Å². The highest BCUT2D eigenvalue weighted by Crippen LogP contribution is 2.18. The average Bonchev–Trinajstić information content (AvgIpc) is 2.96. The molecule has 1 saturated heterocycles. The standard InChI is InChI=1S/C17H26N2O2/c1-3-21-16-7-4-14(5-8-16)6-9-17(20)19-11-10-15(13-19)12-18-2/h4-5,7-8,15,18H,3,6,9-13H2,1-2H3. The summed E-state index contributed by atoms with van der Waals surface area (Å²) in [5.74, 6) is 1.79. The van der Waals surface area contributed by atoms with Gasteiger partial charge in [-0.05, 0) is 57.0 Å². The van der Waals surface area contributed by atoms with Crippen LogP contribution in [0.3, 0.4) is 0 Å². The van der Waals surface area contributed by atoms with Gasteiger partial charge in [-0.3, -0.25) is 4.79 Å². The van der Waals surface area contributed by atoms with E-state index in [1.165, 1.54) is 5.56 Å². The van der Waals surface area contributed by atoms with E-state index in [9.17, 15) is 4.79 Å². The molecule has 0 aromatic heterocycles. The van der Waals surface area contributed by atoms with Crippen molar-refractivity contribution in [3.63, 3.8) is 0 Å². The van der Waals surface area contributed by atoms with Crippen LogP contribution in [0.4, 0.5) is 0 Å². The first-order chi connectivity index (χ1) is 10.2. The number of hydrogen-bond donors (Lipinski definition) is 1. The van der Waals surface area contributed by atoms with Gasteiger partial charge in [0.05, 0.1) is 6.61 Å². The Hall–Kier alpha value is -1.55. The third kappa shape index (κ3) is 4.74. The van der Waals surface area contributed by atoms with Crippen molar-refractivity contribution < 1.29 is 9.53 Å². The van der Waals surface area contributed by atoms with E-state index in [0.29, 0.717) is 18.9 Å². The number of likely N-dealkylation sites (tertiary alicyclic amines) is 1. The second-order valence-corrected chi connectivity index (χ2v) is 5.63.